The summed E-state index contributed by atoms with van der Waals surface area (Å²) in [6.07, 6.45) is 1.84. The summed E-state index contributed by atoms with van der Waals surface area (Å²) < 4.78 is 2.89. The number of carbonyl (C=O) groups excluding carboxylic acids is 2. The van der Waals surface area contributed by atoms with E-state index in [0.29, 0.717) is 30.0 Å². The van der Waals surface area contributed by atoms with Crippen molar-refractivity contribution in [1.82, 2.24) is 19.7 Å². The third-order valence-corrected chi connectivity index (χ3v) is 7.28. The number of fused-ring (bicyclic) bond motifs is 1. The van der Waals surface area contributed by atoms with Gasteiger partial charge in [0.05, 0.1) is 37.9 Å². The first-order valence-electron chi connectivity index (χ1n) is 10.8. The van der Waals surface area contributed by atoms with Gasteiger partial charge in [-0.25, -0.2) is 9.67 Å². The summed E-state index contributed by atoms with van der Waals surface area (Å²) in [5.74, 6) is -0.770. The molecular weight excluding hydrogens is 420 g/mol. The lowest BCUT2D eigenvalue weighted by molar-refractivity contribution is -0.127. The summed E-state index contributed by atoms with van der Waals surface area (Å²) in [5.41, 5.74) is 3.53. The molecule has 3 heterocycles. The maximum Gasteiger partial charge on any atom is 0.295 e. The fraction of sp³-hybridized carbons (Fsp3) is 0.280. The van der Waals surface area contributed by atoms with E-state index in [4.69, 9.17) is 4.98 Å². The normalized spacial score (nSPS) is 16.4. The molecule has 1 aliphatic heterocycles. The quantitative estimate of drug-likeness (QED) is 0.338. The molecule has 5 rings (SSSR count). The van der Waals surface area contributed by atoms with Crippen LogP contribution in [0.3, 0.4) is 0 Å². The number of hydrogen-bond donors (Lipinski definition) is 0. The van der Waals surface area contributed by atoms with Gasteiger partial charge in [0, 0.05) is 19.0 Å². The molecule has 32 heavy (non-hydrogen) atoms. The Bertz CT molecular complexity index is 1280. The molecule has 1 atom stereocenters. The molecule has 0 saturated carbocycles. The highest BCUT2D eigenvalue weighted by molar-refractivity contribution is 7.18. The van der Waals surface area contributed by atoms with Crippen molar-refractivity contribution in [2.45, 2.75) is 32.6 Å². The lowest BCUT2D eigenvalue weighted by Crippen LogP contribution is -2.43. The van der Waals surface area contributed by atoms with Gasteiger partial charge in [0.2, 0.25) is 0 Å². The number of thiazole rings is 1. The number of likely N-dealkylation sites (tertiary alicyclic amines) is 1. The smallest absolute Gasteiger partial charge is 0.295 e. The fourth-order valence-corrected chi connectivity index (χ4v) is 5.56. The Morgan fingerprint density at radius 3 is 2.56 bits per heavy atom. The number of carbonyl (C=O) groups is 2. The number of aromatic nitrogens is 3. The van der Waals surface area contributed by atoms with Gasteiger partial charge in [-0.05, 0) is 51.0 Å². The number of para-hydroxylation sites is 2. The first-order chi connectivity index (χ1) is 15.5. The van der Waals surface area contributed by atoms with Crippen molar-refractivity contribution < 1.29 is 9.59 Å². The molecule has 2 aromatic heterocycles. The van der Waals surface area contributed by atoms with Crippen LogP contribution < -0.4 is 0 Å². The molecule has 4 aromatic rings. The fourth-order valence-electron chi connectivity index (χ4n) is 4.47. The van der Waals surface area contributed by atoms with Gasteiger partial charge in [-0.3, -0.25) is 9.59 Å². The molecule has 1 fully saturated rings. The van der Waals surface area contributed by atoms with Crippen LogP contribution in [0.1, 0.15) is 45.5 Å². The number of Topliss-reactive ketones (excluding diaryl/α,β-unsaturated/α-hetero) is 1. The zero-order chi connectivity index (χ0) is 22.2. The summed E-state index contributed by atoms with van der Waals surface area (Å²) in [7, 11) is 0. The second-order valence-corrected chi connectivity index (χ2v) is 9.29. The SMILES string of the molecule is Cc1nn(-c2ccccc2)c(C)c1C(=O)C(=O)N1CCC[C@H](c2nc3ccccc3s2)C1. The Kier molecular flexibility index (Phi) is 5.35. The average molecular weight is 445 g/mol. The molecule has 1 aliphatic rings. The summed E-state index contributed by atoms with van der Waals surface area (Å²) in [4.78, 5) is 33.0. The minimum atomic E-state index is -0.480. The molecule has 0 aliphatic carbocycles. The van der Waals surface area contributed by atoms with E-state index >= 15 is 0 Å². The number of benzene rings is 2. The van der Waals surface area contributed by atoms with E-state index in [1.807, 2.05) is 55.5 Å². The number of ketones is 1. The van der Waals surface area contributed by atoms with Crippen LogP contribution in [0.5, 0.6) is 0 Å². The van der Waals surface area contributed by atoms with Crippen molar-refractivity contribution in [3.63, 3.8) is 0 Å². The highest BCUT2D eigenvalue weighted by atomic mass is 32.1. The third-order valence-electron chi connectivity index (χ3n) is 6.08. The van der Waals surface area contributed by atoms with Gasteiger partial charge in [0.1, 0.15) is 0 Å². The molecule has 0 bridgehead atoms. The van der Waals surface area contributed by atoms with Crippen LogP contribution in [-0.4, -0.2) is 44.4 Å². The Labute approximate surface area is 190 Å². The van der Waals surface area contributed by atoms with Crippen LogP contribution in [0.25, 0.3) is 15.9 Å². The molecular formula is C25H24N4O2S. The van der Waals surface area contributed by atoms with E-state index in [1.54, 1.807) is 27.8 Å². The van der Waals surface area contributed by atoms with Crippen molar-refractivity contribution >= 4 is 33.2 Å². The molecule has 0 radical (unpaired) electrons. The van der Waals surface area contributed by atoms with Gasteiger partial charge in [-0.1, -0.05) is 30.3 Å². The first-order valence-corrected chi connectivity index (χ1v) is 11.7. The minimum absolute atomic E-state index is 0.159. The lowest BCUT2D eigenvalue weighted by Gasteiger charge is -2.31. The number of nitrogens with zero attached hydrogens (tertiary/aromatic N) is 4. The Morgan fingerprint density at radius 1 is 1.03 bits per heavy atom. The predicted molar refractivity (Wildman–Crippen MR) is 126 cm³/mol. The number of rotatable bonds is 4. The maximum absolute atomic E-state index is 13.3. The van der Waals surface area contributed by atoms with E-state index in [0.717, 1.165) is 33.8 Å². The van der Waals surface area contributed by atoms with Gasteiger partial charge < -0.3 is 4.90 Å². The van der Waals surface area contributed by atoms with Crippen LogP contribution in [-0.2, 0) is 4.79 Å². The largest absolute Gasteiger partial charge is 0.335 e. The van der Waals surface area contributed by atoms with Crippen LogP contribution in [0, 0.1) is 13.8 Å². The topological polar surface area (TPSA) is 68.1 Å². The van der Waals surface area contributed by atoms with Crippen molar-refractivity contribution in [1.29, 1.82) is 0 Å². The third kappa shape index (κ3) is 3.62. The summed E-state index contributed by atoms with van der Waals surface area (Å²) in [6, 6.07) is 17.7. The zero-order valence-corrected chi connectivity index (χ0v) is 18.9. The van der Waals surface area contributed by atoms with Crippen LogP contribution in [0.4, 0.5) is 0 Å². The molecule has 1 amide bonds. The second kappa shape index (κ2) is 8.31. The summed E-state index contributed by atoms with van der Waals surface area (Å²) >= 11 is 1.68. The maximum atomic E-state index is 13.3. The van der Waals surface area contributed by atoms with E-state index in [-0.39, 0.29) is 5.92 Å². The summed E-state index contributed by atoms with van der Waals surface area (Å²) in [5, 5.41) is 5.57. The number of piperidine rings is 1. The van der Waals surface area contributed by atoms with Gasteiger partial charge in [0.15, 0.2) is 0 Å². The number of aryl methyl sites for hydroxylation is 1. The van der Waals surface area contributed by atoms with Crippen molar-refractivity contribution in [2.24, 2.45) is 0 Å². The monoisotopic (exact) mass is 444 g/mol. The van der Waals surface area contributed by atoms with Crippen molar-refractivity contribution in [2.75, 3.05) is 13.1 Å². The standard InChI is InChI=1S/C25H24N4O2S/c1-16-22(17(2)29(27-16)19-10-4-3-5-11-19)23(30)25(31)28-14-8-9-18(15-28)24-26-20-12-6-7-13-21(20)32-24/h3-7,10-13,18H,8-9,14-15H2,1-2H3/t18-/m0/s1. The Morgan fingerprint density at radius 2 is 1.78 bits per heavy atom. The van der Waals surface area contributed by atoms with Crippen LogP contribution in [0.2, 0.25) is 0 Å². The molecule has 1 saturated heterocycles. The molecule has 0 unspecified atom stereocenters. The molecule has 2 aromatic carbocycles. The number of hydrogen-bond acceptors (Lipinski definition) is 5. The highest BCUT2D eigenvalue weighted by Gasteiger charge is 2.33. The molecule has 0 spiro atoms. The molecule has 6 nitrogen and oxygen atoms in total. The predicted octanol–water partition coefficient (Wildman–Crippen LogP) is 4.69. The van der Waals surface area contributed by atoms with E-state index in [9.17, 15) is 9.59 Å². The average Bonchev–Trinajstić information content (AvgIpc) is 3.39. The summed E-state index contributed by atoms with van der Waals surface area (Å²) in [6.45, 7) is 4.74. The Hall–Kier alpha value is -3.32. The minimum Gasteiger partial charge on any atom is -0.335 e. The van der Waals surface area contributed by atoms with Crippen molar-refractivity contribution in [3.8, 4) is 5.69 Å². The first kappa shape index (κ1) is 20.6. The zero-order valence-electron chi connectivity index (χ0n) is 18.1. The van der Waals surface area contributed by atoms with Gasteiger partial charge >= 0.3 is 0 Å². The molecule has 7 heteroatoms. The Balaban J connectivity index is 1.38. The van der Waals surface area contributed by atoms with Gasteiger partial charge in [0.25, 0.3) is 11.7 Å². The van der Waals surface area contributed by atoms with Crippen molar-refractivity contribution in [3.05, 3.63) is 76.6 Å². The van der Waals surface area contributed by atoms with Crippen LogP contribution in [0.15, 0.2) is 54.6 Å². The molecule has 162 valence electrons. The van der Waals surface area contributed by atoms with E-state index in [1.165, 1.54) is 0 Å². The van der Waals surface area contributed by atoms with Gasteiger partial charge in [-0.15, -0.1) is 11.3 Å². The lowest BCUT2D eigenvalue weighted by atomic mass is 9.97. The van der Waals surface area contributed by atoms with E-state index < -0.39 is 11.7 Å². The highest BCUT2D eigenvalue weighted by Crippen LogP contribution is 2.33. The number of amides is 1. The second-order valence-electron chi connectivity index (χ2n) is 8.23. The van der Waals surface area contributed by atoms with Crippen LogP contribution >= 0.6 is 11.3 Å². The van der Waals surface area contributed by atoms with Gasteiger partial charge in [-0.2, -0.15) is 5.10 Å². The molecule has 0 N–H and O–H groups in total. The van der Waals surface area contributed by atoms with E-state index in [2.05, 4.69) is 11.2 Å².